The Hall–Kier alpha value is -1.27. The first kappa shape index (κ1) is 24.0. The summed E-state index contributed by atoms with van der Waals surface area (Å²) in [4.78, 5) is 18.5. The van der Waals surface area contributed by atoms with Crippen molar-refractivity contribution in [3.63, 3.8) is 0 Å². The molecule has 0 aliphatic carbocycles. The summed E-state index contributed by atoms with van der Waals surface area (Å²) in [6.45, 7) is 14.2. The van der Waals surface area contributed by atoms with Gasteiger partial charge in [-0.3, -0.25) is 4.79 Å². The highest BCUT2D eigenvalue weighted by Gasteiger charge is 2.52. The minimum absolute atomic E-state index is 0.0840. The molecule has 1 aliphatic rings. The van der Waals surface area contributed by atoms with E-state index in [-0.39, 0.29) is 5.91 Å². The predicted molar refractivity (Wildman–Crippen MR) is 121 cm³/mol. The Labute approximate surface area is 178 Å². The summed E-state index contributed by atoms with van der Waals surface area (Å²) >= 11 is 0. The molecule has 0 bridgehead atoms. The number of carbonyl (C=O) groups excluding carboxylic acids is 1. The van der Waals surface area contributed by atoms with Crippen LogP contribution in [0.1, 0.15) is 103 Å². The second-order valence-electron chi connectivity index (χ2n) is 9.33. The van der Waals surface area contributed by atoms with Crippen molar-refractivity contribution in [3.8, 4) is 0 Å². The SMILES string of the molecule is CCCCCCN(CCCCCC)C(=O)c1ccc(B2OC(C)(C)C(C)(C)O2)[nH]1. The molecule has 0 saturated carbocycles. The Kier molecular flexibility index (Phi) is 8.83. The van der Waals surface area contributed by atoms with Crippen LogP contribution in [-0.4, -0.2) is 47.2 Å². The number of H-pyrrole nitrogens is 1. The summed E-state index contributed by atoms with van der Waals surface area (Å²) in [7, 11) is -0.468. The number of nitrogens with zero attached hydrogens (tertiary/aromatic N) is 1. The van der Waals surface area contributed by atoms with Gasteiger partial charge in [-0.05, 0) is 52.7 Å². The van der Waals surface area contributed by atoms with Gasteiger partial charge < -0.3 is 19.2 Å². The number of aromatic nitrogens is 1. The molecule has 29 heavy (non-hydrogen) atoms. The molecule has 1 saturated heterocycles. The minimum Gasteiger partial charge on any atom is -0.398 e. The summed E-state index contributed by atoms with van der Waals surface area (Å²) in [5.74, 6) is 0.0840. The molecule has 2 rings (SSSR count). The van der Waals surface area contributed by atoms with Gasteiger partial charge in [0.2, 0.25) is 0 Å². The van der Waals surface area contributed by atoms with E-state index < -0.39 is 18.3 Å². The summed E-state index contributed by atoms with van der Waals surface area (Å²) in [6.07, 6.45) is 9.37. The van der Waals surface area contributed by atoms with Gasteiger partial charge in [0, 0.05) is 18.7 Å². The van der Waals surface area contributed by atoms with Crippen LogP contribution in [0.4, 0.5) is 0 Å². The summed E-state index contributed by atoms with van der Waals surface area (Å²) in [6, 6.07) is 3.79. The molecule has 1 N–H and O–H groups in total. The van der Waals surface area contributed by atoms with Gasteiger partial charge in [0.15, 0.2) is 0 Å². The van der Waals surface area contributed by atoms with E-state index in [2.05, 4.69) is 18.8 Å². The maximum absolute atomic E-state index is 13.2. The van der Waals surface area contributed by atoms with Crippen molar-refractivity contribution in [3.05, 3.63) is 17.8 Å². The molecule has 1 aliphatic heterocycles. The molecule has 0 spiro atoms. The van der Waals surface area contributed by atoms with Crippen molar-refractivity contribution in [2.45, 2.75) is 104 Å². The molecule has 0 unspecified atom stereocenters. The lowest BCUT2D eigenvalue weighted by atomic mass is 9.85. The van der Waals surface area contributed by atoms with Crippen LogP contribution in [0, 0.1) is 0 Å². The first-order chi connectivity index (χ1) is 13.7. The first-order valence-corrected chi connectivity index (χ1v) is 11.6. The number of hydrogen-bond acceptors (Lipinski definition) is 3. The van der Waals surface area contributed by atoms with Gasteiger partial charge in [-0.1, -0.05) is 52.4 Å². The molecule has 164 valence electrons. The lowest BCUT2D eigenvalue weighted by Gasteiger charge is -2.32. The van der Waals surface area contributed by atoms with E-state index in [0.29, 0.717) is 5.69 Å². The highest BCUT2D eigenvalue weighted by Crippen LogP contribution is 2.36. The van der Waals surface area contributed by atoms with Crippen molar-refractivity contribution >= 4 is 18.6 Å². The maximum atomic E-state index is 13.2. The monoisotopic (exact) mass is 404 g/mol. The van der Waals surface area contributed by atoms with E-state index in [4.69, 9.17) is 9.31 Å². The van der Waals surface area contributed by atoms with Gasteiger partial charge in [-0.2, -0.15) is 0 Å². The van der Waals surface area contributed by atoms with Crippen LogP contribution in [-0.2, 0) is 9.31 Å². The molecule has 1 aromatic heterocycles. The lowest BCUT2D eigenvalue weighted by molar-refractivity contribution is 0.00578. The fraction of sp³-hybridized carbons (Fsp3) is 0.783. The molecule has 1 aromatic rings. The largest absolute Gasteiger partial charge is 0.512 e. The molecule has 0 aromatic carbocycles. The second kappa shape index (κ2) is 10.7. The third kappa shape index (κ3) is 6.35. The van der Waals surface area contributed by atoms with Crippen molar-refractivity contribution in [1.82, 2.24) is 9.88 Å². The maximum Gasteiger partial charge on any atom is 0.512 e. The Morgan fingerprint density at radius 1 is 0.897 bits per heavy atom. The van der Waals surface area contributed by atoms with Crippen LogP contribution >= 0.6 is 0 Å². The van der Waals surface area contributed by atoms with E-state index >= 15 is 0 Å². The molecular weight excluding hydrogens is 363 g/mol. The van der Waals surface area contributed by atoms with E-state index in [1.165, 1.54) is 38.5 Å². The zero-order valence-electron chi connectivity index (χ0n) is 19.5. The fourth-order valence-electron chi connectivity index (χ4n) is 3.59. The molecule has 1 amide bonds. The quantitative estimate of drug-likeness (QED) is 0.398. The van der Waals surface area contributed by atoms with E-state index in [0.717, 1.165) is 31.5 Å². The van der Waals surface area contributed by atoms with Gasteiger partial charge in [-0.25, -0.2) is 0 Å². The first-order valence-electron chi connectivity index (χ1n) is 11.6. The van der Waals surface area contributed by atoms with Crippen LogP contribution in [0.25, 0.3) is 0 Å². The molecule has 5 nitrogen and oxygen atoms in total. The number of amides is 1. The number of unbranched alkanes of at least 4 members (excludes halogenated alkanes) is 6. The summed E-state index contributed by atoms with van der Waals surface area (Å²) in [5, 5.41) is 0. The van der Waals surface area contributed by atoms with Crippen LogP contribution < -0.4 is 5.59 Å². The standard InChI is InChI=1S/C23H41BN2O3/c1-7-9-11-13-17-26(18-14-12-10-8-2)21(27)19-15-16-20(25-19)24-28-22(3,4)23(5,6)29-24/h15-16,25H,7-14,17-18H2,1-6H3. The van der Waals surface area contributed by atoms with Gasteiger partial charge in [-0.15, -0.1) is 0 Å². The third-order valence-electron chi connectivity index (χ3n) is 6.30. The van der Waals surface area contributed by atoms with Crippen molar-refractivity contribution in [2.24, 2.45) is 0 Å². The van der Waals surface area contributed by atoms with E-state index in [9.17, 15) is 4.79 Å². The molecule has 0 atom stereocenters. The Morgan fingerprint density at radius 3 is 1.90 bits per heavy atom. The number of aromatic amines is 1. The van der Waals surface area contributed by atoms with Crippen LogP contribution in [0.2, 0.25) is 0 Å². The lowest BCUT2D eigenvalue weighted by Crippen LogP contribution is -2.41. The van der Waals surface area contributed by atoms with E-state index in [1.54, 1.807) is 0 Å². The van der Waals surface area contributed by atoms with Crippen molar-refractivity contribution < 1.29 is 14.1 Å². The normalized spacial score (nSPS) is 17.7. The minimum atomic E-state index is -0.468. The van der Waals surface area contributed by atoms with Crippen molar-refractivity contribution in [2.75, 3.05) is 13.1 Å². The van der Waals surface area contributed by atoms with Gasteiger partial charge in [0.1, 0.15) is 5.69 Å². The molecule has 1 fully saturated rings. The fourth-order valence-corrected chi connectivity index (χ4v) is 3.59. The van der Waals surface area contributed by atoms with E-state index in [1.807, 2.05) is 44.7 Å². The Bertz CT molecular complexity index is 614. The predicted octanol–water partition coefficient (Wildman–Crippen LogP) is 4.92. The second-order valence-corrected chi connectivity index (χ2v) is 9.33. The molecule has 2 heterocycles. The van der Waals surface area contributed by atoms with Crippen LogP contribution in [0.5, 0.6) is 0 Å². The molecular formula is C23H41BN2O3. The van der Waals surface area contributed by atoms with Gasteiger partial charge >= 0.3 is 7.12 Å². The molecule has 0 radical (unpaired) electrons. The van der Waals surface area contributed by atoms with Crippen molar-refractivity contribution in [1.29, 1.82) is 0 Å². The smallest absolute Gasteiger partial charge is 0.398 e. The number of nitrogens with one attached hydrogen (secondary N) is 1. The van der Waals surface area contributed by atoms with Crippen LogP contribution in [0.3, 0.4) is 0 Å². The summed E-state index contributed by atoms with van der Waals surface area (Å²) < 4.78 is 12.2. The Balaban J connectivity index is 2.02. The highest BCUT2D eigenvalue weighted by molar-refractivity contribution is 6.61. The topological polar surface area (TPSA) is 54.6 Å². The number of carbonyl (C=O) groups is 1. The summed E-state index contributed by atoms with van der Waals surface area (Å²) in [5.41, 5.74) is 0.652. The average molecular weight is 404 g/mol. The van der Waals surface area contributed by atoms with Crippen LogP contribution in [0.15, 0.2) is 12.1 Å². The zero-order valence-corrected chi connectivity index (χ0v) is 19.5. The van der Waals surface area contributed by atoms with Gasteiger partial charge in [0.05, 0.1) is 11.2 Å². The highest BCUT2D eigenvalue weighted by atomic mass is 16.7. The zero-order chi connectivity index (χ0) is 21.5. The Morgan fingerprint density at radius 2 is 1.41 bits per heavy atom. The third-order valence-corrected chi connectivity index (χ3v) is 6.30. The molecule has 6 heteroatoms. The average Bonchev–Trinajstić information content (AvgIpc) is 3.22. The number of hydrogen-bond donors (Lipinski definition) is 1. The van der Waals surface area contributed by atoms with Gasteiger partial charge in [0.25, 0.3) is 5.91 Å². The number of rotatable bonds is 12.